The van der Waals surface area contributed by atoms with Crippen LogP contribution < -0.4 is 5.32 Å². The van der Waals surface area contributed by atoms with Crippen LogP contribution in [0.4, 0.5) is 0 Å². The number of morpholine rings is 1. The Kier molecular flexibility index (Phi) is 16.4. The number of imide groups is 1. The second kappa shape index (κ2) is 19.4. The molecule has 2 saturated heterocycles. The van der Waals surface area contributed by atoms with Crippen LogP contribution in [0.1, 0.15) is 59.3 Å². The first kappa shape index (κ1) is 38.1. The quantitative estimate of drug-likeness (QED) is 0.131. The van der Waals surface area contributed by atoms with Crippen LogP contribution in [0.25, 0.3) is 0 Å². The molecule has 45 heavy (non-hydrogen) atoms. The molecule has 2 heterocycles. The molecule has 256 valence electrons. The normalized spacial score (nSPS) is 17.6. The van der Waals surface area contributed by atoms with Crippen molar-refractivity contribution in [1.82, 2.24) is 29.8 Å². The summed E-state index contributed by atoms with van der Waals surface area (Å²) in [4.78, 5) is 84.9. The molecule has 2 aliphatic rings. The highest BCUT2D eigenvalue weighted by atomic mass is 16.5. The van der Waals surface area contributed by atoms with Crippen LogP contribution in [-0.4, -0.2) is 159 Å². The fourth-order valence-corrected chi connectivity index (χ4v) is 5.54. The lowest BCUT2D eigenvalue weighted by Gasteiger charge is -2.34. The molecule has 0 aromatic heterocycles. The molecule has 0 aliphatic carbocycles. The second-order valence-electron chi connectivity index (χ2n) is 12.3. The number of nitrogens with zero attached hydrogens (tertiary/aromatic N) is 5. The summed E-state index contributed by atoms with van der Waals surface area (Å²) in [6, 6.07) is -3.04. The molecule has 2 fully saturated rings. The highest BCUT2D eigenvalue weighted by molar-refractivity contribution is 5.99. The van der Waals surface area contributed by atoms with Crippen LogP contribution in [0.2, 0.25) is 0 Å². The van der Waals surface area contributed by atoms with Crippen LogP contribution in [0.3, 0.4) is 0 Å². The molecular formula is C31H54N6O8. The van der Waals surface area contributed by atoms with Gasteiger partial charge in [0.25, 0.3) is 5.91 Å². The van der Waals surface area contributed by atoms with Crippen molar-refractivity contribution in [3.8, 4) is 0 Å². The van der Waals surface area contributed by atoms with E-state index in [4.69, 9.17) is 9.47 Å². The van der Waals surface area contributed by atoms with E-state index >= 15 is 0 Å². The topological polar surface area (TPSA) is 149 Å². The minimum absolute atomic E-state index is 0.0313. The van der Waals surface area contributed by atoms with Crippen molar-refractivity contribution < 1.29 is 38.2 Å². The zero-order chi connectivity index (χ0) is 33.5. The molecule has 0 radical (unpaired) electrons. The summed E-state index contributed by atoms with van der Waals surface area (Å²) >= 11 is 0. The largest absolute Gasteiger partial charge is 0.379 e. The standard InChI is InChI=1S/C31H54N6O8/c1-7-25(34(5)27(39)20-28(40)37-11-9-8-10-12-37)29(41)32-24(21-45-18-15-36-13-16-44-17-14-36)30(42)35(6)26(19-23(2)3)31(43)33(4)22-38/h22-26H,7-21H2,1-6H3,(H,32,41)/t24?,25-,26-/m0/s1. The van der Waals surface area contributed by atoms with Crippen molar-refractivity contribution >= 4 is 35.9 Å². The van der Waals surface area contributed by atoms with E-state index in [1.54, 1.807) is 11.8 Å². The van der Waals surface area contributed by atoms with Gasteiger partial charge in [-0.25, -0.2) is 0 Å². The molecular weight excluding hydrogens is 584 g/mol. The second-order valence-corrected chi connectivity index (χ2v) is 12.3. The molecule has 0 bridgehead atoms. The predicted octanol–water partition coefficient (Wildman–Crippen LogP) is -0.0525. The van der Waals surface area contributed by atoms with Crippen molar-refractivity contribution in [3.63, 3.8) is 0 Å². The van der Waals surface area contributed by atoms with Gasteiger partial charge in [0.05, 0.1) is 26.4 Å². The minimum atomic E-state index is -1.16. The number of likely N-dealkylation sites (N-methyl/N-ethyl adjacent to an activating group) is 3. The molecule has 3 atom stereocenters. The number of rotatable bonds is 17. The van der Waals surface area contributed by atoms with Gasteiger partial charge in [-0.05, 0) is 38.0 Å². The van der Waals surface area contributed by atoms with Gasteiger partial charge in [0.2, 0.25) is 30.0 Å². The van der Waals surface area contributed by atoms with E-state index in [9.17, 15) is 28.8 Å². The molecule has 14 nitrogen and oxygen atoms in total. The average molecular weight is 639 g/mol. The first-order chi connectivity index (χ1) is 21.4. The minimum Gasteiger partial charge on any atom is -0.379 e. The van der Waals surface area contributed by atoms with Gasteiger partial charge in [0, 0.05) is 53.9 Å². The predicted molar refractivity (Wildman–Crippen MR) is 167 cm³/mol. The van der Waals surface area contributed by atoms with E-state index < -0.39 is 41.8 Å². The Morgan fingerprint density at radius 1 is 0.911 bits per heavy atom. The molecule has 1 unspecified atom stereocenters. The fourth-order valence-electron chi connectivity index (χ4n) is 5.54. The highest BCUT2D eigenvalue weighted by Gasteiger charge is 2.36. The monoisotopic (exact) mass is 638 g/mol. The Labute approximate surface area is 267 Å². The fraction of sp³-hybridized carbons (Fsp3) is 0.806. The molecule has 0 aromatic rings. The van der Waals surface area contributed by atoms with Crippen LogP contribution >= 0.6 is 0 Å². The van der Waals surface area contributed by atoms with E-state index in [-0.39, 0.29) is 31.3 Å². The number of carbonyl (C=O) groups excluding carboxylic acids is 6. The Morgan fingerprint density at radius 3 is 2.13 bits per heavy atom. The summed E-state index contributed by atoms with van der Waals surface area (Å²) in [5.74, 6) is -2.37. The molecule has 0 saturated carbocycles. The zero-order valence-corrected chi connectivity index (χ0v) is 28.0. The van der Waals surface area contributed by atoms with Gasteiger partial charge in [0.1, 0.15) is 24.5 Å². The third kappa shape index (κ3) is 12.0. The van der Waals surface area contributed by atoms with Gasteiger partial charge in [-0.15, -0.1) is 0 Å². The van der Waals surface area contributed by atoms with Gasteiger partial charge in [0.15, 0.2) is 0 Å². The molecule has 2 rings (SSSR count). The van der Waals surface area contributed by atoms with Crippen LogP contribution in [0.5, 0.6) is 0 Å². The number of amides is 6. The van der Waals surface area contributed by atoms with Crippen LogP contribution in [0, 0.1) is 5.92 Å². The van der Waals surface area contributed by atoms with E-state index in [0.29, 0.717) is 52.3 Å². The lowest BCUT2D eigenvalue weighted by atomic mass is 10.0. The zero-order valence-electron chi connectivity index (χ0n) is 28.0. The van der Waals surface area contributed by atoms with Gasteiger partial charge in [-0.2, -0.15) is 0 Å². The van der Waals surface area contributed by atoms with Crippen LogP contribution in [-0.2, 0) is 38.2 Å². The maximum absolute atomic E-state index is 13.9. The number of nitrogens with one attached hydrogen (secondary N) is 1. The Balaban J connectivity index is 2.17. The SMILES string of the molecule is CC[C@@H](C(=O)NC(COCCN1CCOCC1)C(=O)N(C)[C@@H](CC(C)C)C(=O)N(C)C=O)N(C)C(=O)CC(=O)N1CCCCC1. The van der Waals surface area contributed by atoms with Gasteiger partial charge in [-0.3, -0.25) is 38.6 Å². The van der Waals surface area contributed by atoms with E-state index in [1.165, 1.54) is 30.9 Å². The number of piperidine rings is 1. The van der Waals surface area contributed by atoms with E-state index in [0.717, 1.165) is 37.3 Å². The number of ether oxygens (including phenoxy) is 2. The van der Waals surface area contributed by atoms with E-state index in [1.807, 2.05) is 13.8 Å². The van der Waals surface area contributed by atoms with Gasteiger partial charge < -0.3 is 29.5 Å². The van der Waals surface area contributed by atoms with Crippen molar-refractivity contribution in [2.45, 2.75) is 77.4 Å². The third-order valence-electron chi connectivity index (χ3n) is 8.42. The van der Waals surface area contributed by atoms with Crippen LogP contribution in [0.15, 0.2) is 0 Å². The lowest BCUT2D eigenvalue weighted by molar-refractivity contribution is -0.150. The Hall–Kier alpha value is -3.10. The molecule has 2 aliphatic heterocycles. The number of likely N-dealkylation sites (tertiary alicyclic amines) is 1. The molecule has 1 N–H and O–H groups in total. The lowest BCUT2D eigenvalue weighted by Crippen LogP contribution is -2.58. The number of hydrogen-bond acceptors (Lipinski definition) is 9. The summed E-state index contributed by atoms with van der Waals surface area (Å²) in [7, 11) is 4.29. The number of hydrogen-bond donors (Lipinski definition) is 1. The first-order valence-electron chi connectivity index (χ1n) is 16.1. The first-order valence-corrected chi connectivity index (χ1v) is 16.1. The third-order valence-corrected chi connectivity index (χ3v) is 8.42. The van der Waals surface area contributed by atoms with Crippen molar-refractivity contribution in [1.29, 1.82) is 0 Å². The summed E-state index contributed by atoms with van der Waals surface area (Å²) in [6.45, 7) is 10.4. The van der Waals surface area contributed by atoms with Crippen molar-refractivity contribution in [3.05, 3.63) is 0 Å². The maximum Gasteiger partial charge on any atom is 0.251 e. The summed E-state index contributed by atoms with van der Waals surface area (Å²) < 4.78 is 11.3. The molecule has 0 aromatic carbocycles. The highest BCUT2D eigenvalue weighted by Crippen LogP contribution is 2.16. The Morgan fingerprint density at radius 2 is 1.56 bits per heavy atom. The average Bonchev–Trinajstić information content (AvgIpc) is 3.04. The summed E-state index contributed by atoms with van der Waals surface area (Å²) in [6.07, 6.45) is 3.49. The molecule has 14 heteroatoms. The maximum atomic E-state index is 13.9. The molecule has 6 amide bonds. The number of carbonyl (C=O) groups is 6. The van der Waals surface area contributed by atoms with E-state index in [2.05, 4.69) is 10.2 Å². The smallest absolute Gasteiger partial charge is 0.251 e. The van der Waals surface area contributed by atoms with Gasteiger partial charge in [-0.1, -0.05) is 20.8 Å². The Bertz CT molecular complexity index is 999. The molecule has 0 spiro atoms. The van der Waals surface area contributed by atoms with Crippen molar-refractivity contribution in [2.24, 2.45) is 5.92 Å². The summed E-state index contributed by atoms with van der Waals surface area (Å²) in [5, 5.41) is 2.76. The summed E-state index contributed by atoms with van der Waals surface area (Å²) in [5.41, 5.74) is 0. The van der Waals surface area contributed by atoms with Crippen molar-refractivity contribution in [2.75, 3.05) is 80.3 Å². The van der Waals surface area contributed by atoms with Gasteiger partial charge >= 0.3 is 0 Å².